The van der Waals surface area contributed by atoms with Crippen LogP contribution in [-0.4, -0.2) is 229 Å². The number of unbranched alkanes of at least 4 members (excludes halogenated alkanes) is 1. The van der Waals surface area contributed by atoms with Gasteiger partial charge >= 0.3 is 23.9 Å². The summed E-state index contributed by atoms with van der Waals surface area (Å²) in [5, 5.41) is 61.8. The van der Waals surface area contributed by atoms with E-state index in [9.17, 15) is 96.8 Å². The number of likely N-dealkylation sites (tertiary alicyclic amines) is 2. The van der Waals surface area contributed by atoms with E-state index in [0.717, 1.165) is 4.90 Å². The fraction of sp³-hybridized carbons (Fsp3) is 0.717. The molecule has 13 amide bonds. The van der Waals surface area contributed by atoms with Crippen molar-refractivity contribution in [3.8, 4) is 0 Å². The van der Waals surface area contributed by atoms with Crippen molar-refractivity contribution in [2.24, 2.45) is 35.0 Å². The van der Waals surface area contributed by atoms with Gasteiger partial charge in [0.2, 0.25) is 76.8 Å². The van der Waals surface area contributed by atoms with E-state index in [0.29, 0.717) is 12.8 Å². The Balaban J connectivity index is 2.29. The molecule has 0 aromatic carbocycles. The zero-order chi connectivity index (χ0) is 73.0. The highest BCUT2D eigenvalue weighted by atomic mass is 16.4. The Hall–Kier alpha value is -9.09. The molecule has 0 bridgehead atoms. The lowest BCUT2D eigenvalue weighted by atomic mass is 9.98. The Bertz CT molecular complexity index is 2820. The highest BCUT2D eigenvalue weighted by molar-refractivity contribution is 6.00. The molecule has 2 fully saturated rings. The molecule has 2 rings (SSSR count). The van der Waals surface area contributed by atoms with Crippen molar-refractivity contribution in [3.63, 3.8) is 0 Å². The van der Waals surface area contributed by atoms with E-state index in [4.69, 9.17) is 22.3 Å². The molecule has 36 heteroatoms. The third-order valence-electron chi connectivity index (χ3n) is 15.9. The van der Waals surface area contributed by atoms with Crippen LogP contribution in [0.3, 0.4) is 0 Å². The Morgan fingerprint density at radius 2 is 0.854 bits per heavy atom. The molecule has 36 nitrogen and oxygen atoms in total. The summed E-state index contributed by atoms with van der Waals surface area (Å²) < 4.78 is 0. The summed E-state index contributed by atoms with van der Waals surface area (Å²) in [6.45, 7) is 14.0. The van der Waals surface area contributed by atoms with E-state index in [-0.39, 0.29) is 70.5 Å². The summed E-state index contributed by atoms with van der Waals surface area (Å²) in [7, 11) is 0. The SMILES string of the molecule is CC(C)C[C@H](NC(=O)[C@@H]1CCCN1C(=O)[C@@H](NC(=O)[C@@H]1CCCN1C(=O)[C@H](CCC(=O)O)NC(=O)[C@H](C)NC(=O)[C@H](C)NC(=O)[C@H](C)NC(=O)[C@@H](N)CCC(=O)O)C(C)C)C(=O)N[C@H](C(=O)N[C@@H](CCCCN)C(=O)N[C@@H](CCC(N)=O)C(=O)N[C@@H](CC(=O)O)C(=O)O)C(C)C. The summed E-state index contributed by atoms with van der Waals surface area (Å²) in [5.74, 6) is -18.5. The average Bonchev–Trinajstić information content (AvgIpc) is 1.70. The number of rotatable bonds is 42. The van der Waals surface area contributed by atoms with E-state index < -0.39 is 230 Å². The third-order valence-corrected chi connectivity index (χ3v) is 15.9. The molecular weight excluding hydrogens is 1270 g/mol. The van der Waals surface area contributed by atoms with Gasteiger partial charge in [0.05, 0.1) is 12.5 Å². The zero-order valence-corrected chi connectivity index (χ0v) is 55.8. The number of carboxylic acid groups (broad SMARTS) is 4. The molecule has 0 saturated carbocycles. The quantitative estimate of drug-likeness (QED) is 0.0255. The molecule has 13 atom stereocenters. The summed E-state index contributed by atoms with van der Waals surface area (Å²) in [6.07, 6.45) is -2.22. The Morgan fingerprint density at radius 1 is 0.427 bits per heavy atom. The molecule has 0 aromatic heterocycles. The number of hydrogen-bond donors (Lipinski definition) is 17. The molecule has 2 heterocycles. The first-order valence-electron chi connectivity index (χ1n) is 32.1. The molecular formula is C60H99N15O21. The van der Waals surface area contributed by atoms with Gasteiger partial charge in [0.15, 0.2) is 0 Å². The van der Waals surface area contributed by atoms with E-state index >= 15 is 0 Å². The van der Waals surface area contributed by atoms with E-state index in [1.54, 1.807) is 41.5 Å². The van der Waals surface area contributed by atoms with Gasteiger partial charge in [0.1, 0.15) is 72.5 Å². The molecule has 0 radical (unpaired) electrons. The fourth-order valence-electron chi connectivity index (χ4n) is 10.4. The second-order valence-electron chi connectivity index (χ2n) is 25.2. The van der Waals surface area contributed by atoms with Gasteiger partial charge in [0, 0.05) is 32.4 Å². The van der Waals surface area contributed by atoms with Crippen LogP contribution in [0.15, 0.2) is 0 Å². The van der Waals surface area contributed by atoms with Crippen LogP contribution in [0, 0.1) is 17.8 Å². The first-order valence-corrected chi connectivity index (χ1v) is 32.1. The standard InChI is InChI=1S/C60H99N15O21/c1-28(2)26-38(54(89)72-46(29(3)4)57(92)68-35(14-10-11-23-61)52(87)67-36(18-20-42(63)76)53(88)71-39(60(95)96)27-45(81)82)70-55(90)40-15-13-25-75(40)59(94)47(30(5)6)73-56(91)41-16-12-24-74(41)58(93)37(19-22-44(79)80)69-50(85)33(9)65-48(83)31(7)64-49(84)32(8)66-51(86)34(62)17-21-43(77)78/h28-41,46-47H,10-27,61-62H2,1-9H3,(H2,63,76)(H,64,84)(H,65,83)(H,66,86)(H,67,87)(H,68,92)(H,69,85)(H,70,90)(H,71,88)(H,72,89)(H,73,91)(H,77,78)(H,79,80)(H,81,82)(H,95,96)/t31-,32-,33-,34-,35-,36-,37-,38-,39-,40-,41-,46-,47-/m0/s1. The smallest absolute Gasteiger partial charge is 0.326 e. The Kier molecular flexibility index (Phi) is 34.9. The van der Waals surface area contributed by atoms with Crippen LogP contribution in [0.2, 0.25) is 0 Å². The van der Waals surface area contributed by atoms with Gasteiger partial charge in [-0.2, -0.15) is 0 Å². The minimum absolute atomic E-state index is 0.0240. The molecule has 0 aliphatic carbocycles. The van der Waals surface area contributed by atoms with E-state index in [1.807, 2.05) is 5.32 Å². The number of carbonyl (C=O) groups is 17. The summed E-state index contributed by atoms with van der Waals surface area (Å²) in [5.41, 5.74) is 16.7. The van der Waals surface area contributed by atoms with Crippen molar-refractivity contribution in [1.29, 1.82) is 0 Å². The maximum absolute atomic E-state index is 14.6. The number of hydrogen-bond acceptors (Lipinski definition) is 19. The normalized spacial score (nSPS) is 17.9. The van der Waals surface area contributed by atoms with Crippen molar-refractivity contribution in [2.45, 2.75) is 237 Å². The van der Waals surface area contributed by atoms with Crippen LogP contribution >= 0.6 is 0 Å². The molecule has 0 unspecified atom stereocenters. The van der Waals surface area contributed by atoms with Gasteiger partial charge in [-0.15, -0.1) is 0 Å². The molecule has 2 aliphatic rings. The van der Waals surface area contributed by atoms with Crippen LogP contribution in [0.1, 0.15) is 159 Å². The van der Waals surface area contributed by atoms with Gasteiger partial charge in [0.25, 0.3) is 0 Å². The number of amides is 13. The first kappa shape index (κ1) is 83.0. The maximum Gasteiger partial charge on any atom is 0.326 e. The molecule has 2 saturated heterocycles. The number of carboxylic acids is 4. The molecule has 20 N–H and O–H groups in total. The molecule has 2 aliphatic heterocycles. The average molecular weight is 1370 g/mol. The highest BCUT2D eigenvalue weighted by Crippen LogP contribution is 2.24. The summed E-state index contributed by atoms with van der Waals surface area (Å²) in [4.78, 5) is 225. The number of carbonyl (C=O) groups excluding carboxylic acids is 13. The Labute approximate surface area is 555 Å². The topological polar surface area (TPSA) is 576 Å². The minimum Gasteiger partial charge on any atom is -0.481 e. The van der Waals surface area contributed by atoms with Crippen molar-refractivity contribution in [2.75, 3.05) is 19.6 Å². The van der Waals surface area contributed by atoms with Gasteiger partial charge in [-0.3, -0.25) is 76.7 Å². The van der Waals surface area contributed by atoms with Crippen molar-refractivity contribution >= 4 is 101 Å². The monoisotopic (exact) mass is 1370 g/mol. The molecule has 0 spiro atoms. The minimum atomic E-state index is -1.92. The van der Waals surface area contributed by atoms with E-state index in [2.05, 4.69) is 47.9 Å². The van der Waals surface area contributed by atoms with Crippen molar-refractivity contribution in [1.82, 2.24) is 63.0 Å². The van der Waals surface area contributed by atoms with E-state index in [1.165, 1.54) is 25.7 Å². The summed E-state index contributed by atoms with van der Waals surface area (Å²) in [6, 6.07) is -18.0. The molecule has 96 heavy (non-hydrogen) atoms. The van der Waals surface area contributed by atoms with Gasteiger partial charge in [-0.25, -0.2) is 4.79 Å². The maximum atomic E-state index is 14.6. The van der Waals surface area contributed by atoms with Crippen LogP contribution in [-0.2, 0) is 81.5 Å². The van der Waals surface area contributed by atoms with Gasteiger partial charge in [-0.1, -0.05) is 41.5 Å². The molecule has 540 valence electrons. The Morgan fingerprint density at radius 3 is 1.32 bits per heavy atom. The zero-order valence-electron chi connectivity index (χ0n) is 55.8. The van der Waals surface area contributed by atoms with Crippen molar-refractivity contribution in [3.05, 3.63) is 0 Å². The predicted molar refractivity (Wildman–Crippen MR) is 338 cm³/mol. The first-order chi connectivity index (χ1) is 44.8. The third kappa shape index (κ3) is 27.7. The predicted octanol–water partition coefficient (Wildman–Crippen LogP) is -4.76. The number of nitrogens with zero attached hydrogens (tertiary/aromatic N) is 2. The number of aliphatic carboxylic acids is 4. The second-order valence-corrected chi connectivity index (χ2v) is 25.2. The second kappa shape index (κ2) is 40.3. The number of nitrogens with two attached hydrogens (primary N) is 3. The lowest BCUT2D eigenvalue weighted by molar-refractivity contribution is -0.147. The van der Waals surface area contributed by atoms with Crippen LogP contribution < -0.4 is 70.4 Å². The highest BCUT2D eigenvalue weighted by Gasteiger charge is 2.44. The largest absolute Gasteiger partial charge is 0.481 e. The lowest BCUT2D eigenvalue weighted by Gasteiger charge is -2.33. The fourth-order valence-corrected chi connectivity index (χ4v) is 10.4. The molecule has 0 aromatic rings. The van der Waals surface area contributed by atoms with Crippen LogP contribution in [0.5, 0.6) is 0 Å². The van der Waals surface area contributed by atoms with Crippen LogP contribution in [0.25, 0.3) is 0 Å². The van der Waals surface area contributed by atoms with Crippen molar-refractivity contribution < 1.29 is 102 Å². The number of nitrogens with one attached hydrogen (secondary N) is 10. The number of primary amides is 1. The van der Waals surface area contributed by atoms with Crippen LogP contribution in [0.4, 0.5) is 0 Å². The van der Waals surface area contributed by atoms with Gasteiger partial charge in [-0.05, 0) is 116 Å². The van der Waals surface area contributed by atoms with Gasteiger partial charge < -0.3 is 101 Å². The lowest BCUT2D eigenvalue weighted by Crippen LogP contribution is -2.61. The summed E-state index contributed by atoms with van der Waals surface area (Å²) >= 11 is 0.